The molecule has 1 saturated heterocycles. The number of urea groups is 1. The Labute approximate surface area is 184 Å². The van der Waals surface area contributed by atoms with Gasteiger partial charge < -0.3 is 16.0 Å². The van der Waals surface area contributed by atoms with E-state index in [4.69, 9.17) is 5.73 Å². The number of aryl methyl sites for hydroxylation is 1. The summed E-state index contributed by atoms with van der Waals surface area (Å²) in [5, 5.41) is 12.5. The van der Waals surface area contributed by atoms with Gasteiger partial charge in [0.1, 0.15) is 16.6 Å². The van der Waals surface area contributed by atoms with Gasteiger partial charge in [0.25, 0.3) is 0 Å². The topological polar surface area (TPSA) is 124 Å². The molecule has 0 saturated carbocycles. The number of benzene rings is 1. The number of carbonyl (C=O) groups is 1. The summed E-state index contributed by atoms with van der Waals surface area (Å²) in [5.74, 6) is 0.445. The van der Waals surface area contributed by atoms with Gasteiger partial charge in [-0.15, -0.1) is 11.3 Å². The average Bonchev–Trinajstić information content (AvgIpc) is 3.23. The number of thiazole rings is 1. The molecular formula is C21H22N8OS. The number of carbonyl (C=O) groups excluding carboxylic acids is 1. The van der Waals surface area contributed by atoms with Gasteiger partial charge in [0.2, 0.25) is 5.95 Å². The van der Waals surface area contributed by atoms with E-state index in [1.165, 1.54) is 11.3 Å². The number of piperazine rings is 1. The molecule has 3 N–H and O–H groups in total. The van der Waals surface area contributed by atoms with E-state index in [1.807, 2.05) is 13.0 Å². The van der Waals surface area contributed by atoms with Crippen molar-refractivity contribution in [2.75, 3.05) is 31.5 Å². The van der Waals surface area contributed by atoms with Crippen LogP contribution < -0.4 is 11.1 Å². The summed E-state index contributed by atoms with van der Waals surface area (Å²) in [6.07, 6.45) is 1.65. The van der Waals surface area contributed by atoms with E-state index in [2.05, 4.69) is 43.4 Å². The van der Waals surface area contributed by atoms with E-state index in [0.29, 0.717) is 35.3 Å². The predicted octanol–water partition coefficient (Wildman–Crippen LogP) is 2.72. The Balaban J connectivity index is 1.48. The molecule has 158 valence electrons. The van der Waals surface area contributed by atoms with Crippen molar-refractivity contribution < 1.29 is 4.79 Å². The lowest BCUT2D eigenvalue weighted by molar-refractivity contribution is 0.140. The van der Waals surface area contributed by atoms with Crippen molar-refractivity contribution in [3.05, 3.63) is 52.0 Å². The number of nitrogens with one attached hydrogen (secondary N) is 1. The molecule has 1 aromatic carbocycles. The number of rotatable bonds is 5. The SMILES string of the molecule is Cc1cc(CN2CCN(C(N)=O)CC2)cc(Nc2nccc(-c3ncsc3C#N)n2)c1. The van der Waals surface area contributed by atoms with Crippen LogP contribution in [0.1, 0.15) is 16.0 Å². The minimum atomic E-state index is -0.358. The maximum atomic E-state index is 11.3. The van der Waals surface area contributed by atoms with E-state index < -0.39 is 0 Å². The van der Waals surface area contributed by atoms with Crippen molar-refractivity contribution in [1.29, 1.82) is 5.26 Å². The fourth-order valence-electron chi connectivity index (χ4n) is 3.60. The number of anilines is 2. The molecule has 0 bridgehead atoms. The van der Waals surface area contributed by atoms with Gasteiger partial charge in [-0.05, 0) is 36.2 Å². The standard InChI is InChI=1S/C21H22N8OS/c1-14-8-15(12-28-4-6-29(7-5-28)20(23)30)10-16(9-14)26-21-24-3-2-17(27-21)19-18(11-22)31-13-25-19/h2-3,8-10,13H,4-7,12H2,1H3,(H2,23,30)(H,24,26,27). The number of amides is 2. The Kier molecular flexibility index (Phi) is 6.06. The van der Waals surface area contributed by atoms with Crippen LogP contribution in [0.15, 0.2) is 36.0 Å². The summed E-state index contributed by atoms with van der Waals surface area (Å²) in [4.78, 5) is 28.9. The average molecular weight is 435 g/mol. The van der Waals surface area contributed by atoms with Gasteiger partial charge in [0.05, 0.1) is 11.2 Å². The monoisotopic (exact) mass is 434 g/mol. The van der Waals surface area contributed by atoms with Crippen molar-refractivity contribution >= 4 is 29.0 Å². The van der Waals surface area contributed by atoms with Gasteiger partial charge in [0.15, 0.2) is 0 Å². The predicted molar refractivity (Wildman–Crippen MR) is 119 cm³/mol. The highest BCUT2D eigenvalue weighted by atomic mass is 32.1. The maximum Gasteiger partial charge on any atom is 0.314 e. The molecule has 0 unspecified atom stereocenters. The van der Waals surface area contributed by atoms with Crippen LogP contribution in [-0.2, 0) is 6.54 Å². The molecule has 1 fully saturated rings. The number of nitriles is 1. The van der Waals surface area contributed by atoms with Crippen LogP contribution >= 0.6 is 11.3 Å². The van der Waals surface area contributed by atoms with E-state index in [9.17, 15) is 10.1 Å². The highest BCUT2D eigenvalue weighted by molar-refractivity contribution is 7.10. The summed E-state index contributed by atoms with van der Waals surface area (Å²) in [6, 6.07) is 9.80. The van der Waals surface area contributed by atoms with Crippen LogP contribution in [0.5, 0.6) is 0 Å². The second-order valence-corrected chi connectivity index (χ2v) is 8.20. The first kappa shape index (κ1) is 20.7. The molecule has 0 atom stereocenters. The summed E-state index contributed by atoms with van der Waals surface area (Å²) < 4.78 is 0. The first-order chi connectivity index (χ1) is 15.0. The minimum absolute atomic E-state index is 0.358. The molecule has 2 aromatic heterocycles. The third-order valence-electron chi connectivity index (χ3n) is 5.05. The highest BCUT2D eigenvalue weighted by Gasteiger charge is 2.19. The third kappa shape index (κ3) is 4.96. The van der Waals surface area contributed by atoms with Crippen LogP contribution in [0.25, 0.3) is 11.4 Å². The van der Waals surface area contributed by atoms with E-state index in [1.54, 1.807) is 22.7 Å². The molecule has 1 aliphatic rings. The molecule has 2 amide bonds. The lowest BCUT2D eigenvalue weighted by Crippen LogP contribution is -2.50. The summed E-state index contributed by atoms with van der Waals surface area (Å²) >= 11 is 1.29. The third-order valence-corrected chi connectivity index (χ3v) is 5.78. The zero-order chi connectivity index (χ0) is 21.8. The van der Waals surface area contributed by atoms with Gasteiger partial charge in [-0.3, -0.25) is 4.90 Å². The summed E-state index contributed by atoms with van der Waals surface area (Å²) in [5.41, 5.74) is 11.4. The van der Waals surface area contributed by atoms with Crippen molar-refractivity contribution in [2.45, 2.75) is 13.5 Å². The number of nitrogens with zero attached hydrogens (tertiary/aromatic N) is 6. The number of primary amides is 1. The van der Waals surface area contributed by atoms with Gasteiger partial charge in [-0.25, -0.2) is 19.7 Å². The van der Waals surface area contributed by atoms with Crippen LogP contribution in [0, 0.1) is 18.3 Å². The summed E-state index contributed by atoms with van der Waals surface area (Å²) in [6.45, 7) is 5.71. The molecular weight excluding hydrogens is 412 g/mol. The zero-order valence-corrected chi connectivity index (χ0v) is 17.9. The second-order valence-electron chi connectivity index (χ2n) is 7.34. The van der Waals surface area contributed by atoms with Gasteiger partial charge in [0, 0.05) is 44.6 Å². The normalized spacial score (nSPS) is 14.3. The Morgan fingerprint density at radius 3 is 2.81 bits per heavy atom. The van der Waals surface area contributed by atoms with Crippen LogP contribution in [0.3, 0.4) is 0 Å². The number of hydrogen-bond acceptors (Lipinski definition) is 8. The molecule has 9 nitrogen and oxygen atoms in total. The van der Waals surface area contributed by atoms with Crippen LogP contribution in [0.4, 0.5) is 16.4 Å². The van der Waals surface area contributed by atoms with Crippen LogP contribution in [0.2, 0.25) is 0 Å². The molecule has 1 aliphatic heterocycles. The van der Waals surface area contributed by atoms with Crippen molar-refractivity contribution in [2.24, 2.45) is 5.73 Å². The highest BCUT2D eigenvalue weighted by Crippen LogP contribution is 2.25. The lowest BCUT2D eigenvalue weighted by atomic mass is 10.1. The van der Waals surface area contributed by atoms with Gasteiger partial charge >= 0.3 is 6.03 Å². The largest absolute Gasteiger partial charge is 0.351 e. The zero-order valence-electron chi connectivity index (χ0n) is 17.1. The molecule has 0 radical (unpaired) electrons. The lowest BCUT2D eigenvalue weighted by Gasteiger charge is -2.33. The van der Waals surface area contributed by atoms with Crippen LogP contribution in [-0.4, -0.2) is 57.0 Å². The fourth-order valence-corrected chi connectivity index (χ4v) is 4.18. The first-order valence-corrected chi connectivity index (χ1v) is 10.7. The van der Waals surface area contributed by atoms with Crippen molar-refractivity contribution in [1.82, 2.24) is 24.8 Å². The van der Waals surface area contributed by atoms with Crippen molar-refractivity contribution in [3.8, 4) is 17.5 Å². The number of hydrogen-bond donors (Lipinski definition) is 2. The van der Waals surface area contributed by atoms with E-state index in [0.717, 1.165) is 36.4 Å². The fraction of sp³-hybridized carbons (Fsp3) is 0.286. The van der Waals surface area contributed by atoms with Gasteiger partial charge in [-0.1, -0.05) is 6.07 Å². The number of nitrogens with two attached hydrogens (primary N) is 1. The molecule has 4 rings (SSSR count). The first-order valence-electron chi connectivity index (χ1n) is 9.83. The molecule has 3 aromatic rings. The Morgan fingerprint density at radius 2 is 2.06 bits per heavy atom. The van der Waals surface area contributed by atoms with E-state index in [-0.39, 0.29) is 6.03 Å². The molecule has 0 spiro atoms. The second kappa shape index (κ2) is 9.07. The Bertz CT molecular complexity index is 1130. The Morgan fingerprint density at radius 1 is 1.26 bits per heavy atom. The van der Waals surface area contributed by atoms with Crippen molar-refractivity contribution in [3.63, 3.8) is 0 Å². The summed E-state index contributed by atoms with van der Waals surface area (Å²) in [7, 11) is 0. The Hall–Kier alpha value is -3.55. The minimum Gasteiger partial charge on any atom is -0.351 e. The smallest absolute Gasteiger partial charge is 0.314 e. The number of aromatic nitrogens is 3. The van der Waals surface area contributed by atoms with Gasteiger partial charge in [-0.2, -0.15) is 5.26 Å². The van der Waals surface area contributed by atoms with E-state index >= 15 is 0 Å². The molecule has 31 heavy (non-hydrogen) atoms. The molecule has 3 heterocycles. The quantitative estimate of drug-likeness (QED) is 0.633. The molecule has 10 heteroatoms. The molecule has 0 aliphatic carbocycles. The maximum absolute atomic E-state index is 11.3.